The molecule has 0 N–H and O–H groups in total. The van der Waals surface area contributed by atoms with Crippen molar-refractivity contribution in [1.82, 2.24) is 0 Å². The quantitative estimate of drug-likeness (QED) is 0.562. The second-order valence-corrected chi connectivity index (χ2v) is 5.42. The number of carbonyl (C=O) groups excluding carboxylic acids is 1. The summed E-state index contributed by atoms with van der Waals surface area (Å²) in [5, 5.41) is -2.14. The van der Waals surface area contributed by atoms with Crippen LogP contribution in [0.5, 0.6) is 0 Å². The van der Waals surface area contributed by atoms with Crippen LogP contribution >= 0.6 is 11.6 Å². The van der Waals surface area contributed by atoms with E-state index in [2.05, 4.69) is 0 Å². The Balaban J connectivity index is 2.11. The van der Waals surface area contributed by atoms with Crippen LogP contribution in [0.15, 0.2) is 60.4 Å². The molecule has 0 aromatic heterocycles. The minimum Gasteiger partial charge on any atom is -0.421 e. The highest BCUT2D eigenvalue weighted by Crippen LogP contribution is 2.29. The molecule has 0 radical (unpaired) electrons. The number of alkyl halides is 3. The van der Waals surface area contributed by atoms with Crippen molar-refractivity contribution in [2.45, 2.75) is 5.38 Å². The van der Waals surface area contributed by atoms with Gasteiger partial charge < -0.3 is 4.74 Å². The Labute approximate surface area is 136 Å². The Morgan fingerprint density at radius 3 is 2.57 bits per heavy atom. The largest absolute Gasteiger partial charge is 0.421 e. The first-order chi connectivity index (χ1) is 10.9. The number of hydrogen-bond donors (Lipinski definition) is 0. The number of halogens is 3. The summed E-state index contributed by atoms with van der Waals surface area (Å²) < 4.78 is 30.4. The Kier molecular flexibility index (Phi) is 4.01. The van der Waals surface area contributed by atoms with Crippen LogP contribution in [0.4, 0.5) is 8.78 Å². The van der Waals surface area contributed by atoms with Gasteiger partial charge in [-0.15, -0.1) is 0 Å². The van der Waals surface area contributed by atoms with Crippen LogP contribution in [0.3, 0.4) is 0 Å². The van der Waals surface area contributed by atoms with Crippen LogP contribution < -0.4 is 0 Å². The first-order valence-electron chi connectivity index (χ1n) is 6.82. The third kappa shape index (κ3) is 3.32. The standard InChI is InChI=1S/C18H11ClF2O2/c19-18(20,21)17(22)23-14-7-3-1-6-13-10-9-12-5-2-4-8-15(12)16(13)11-14/h1-11H/b3-1?,6-1-,7-3-,13-6?,14-7?,14-11+,16-11?. The fourth-order valence-electron chi connectivity index (χ4n) is 2.35. The van der Waals surface area contributed by atoms with Crippen molar-refractivity contribution in [2.24, 2.45) is 0 Å². The Hall–Kier alpha value is -2.46. The van der Waals surface area contributed by atoms with Gasteiger partial charge in [0.15, 0.2) is 0 Å². The molecule has 0 heterocycles. The predicted molar refractivity (Wildman–Crippen MR) is 87.0 cm³/mol. The molecule has 0 saturated heterocycles. The molecular formula is C18H11ClF2O2. The van der Waals surface area contributed by atoms with E-state index in [0.29, 0.717) is 0 Å². The molecule has 116 valence electrons. The van der Waals surface area contributed by atoms with Gasteiger partial charge in [-0.25, -0.2) is 4.79 Å². The maximum atomic E-state index is 12.8. The van der Waals surface area contributed by atoms with Crippen molar-refractivity contribution in [1.29, 1.82) is 0 Å². The van der Waals surface area contributed by atoms with Crippen LogP contribution in [0.25, 0.3) is 22.9 Å². The van der Waals surface area contributed by atoms with Gasteiger partial charge in [-0.1, -0.05) is 54.6 Å². The lowest BCUT2D eigenvalue weighted by atomic mass is 9.97. The molecule has 0 spiro atoms. The summed E-state index contributed by atoms with van der Waals surface area (Å²) in [5.41, 5.74) is 1.67. The highest BCUT2D eigenvalue weighted by molar-refractivity contribution is 6.31. The number of ether oxygens (including phenoxy) is 1. The first kappa shape index (κ1) is 15.4. The molecule has 0 bridgehead atoms. The van der Waals surface area contributed by atoms with E-state index in [1.165, 1.54) is 6.08 Å². The highest BCUT2D eigenvalue weighted by Gasteiger charge is 2.38. The fraction of sp³-hybridized carbons (Fsp3) is 0.0556. The maximum absolute atomic E-state index is 12.8. The monoisotopic (exact) mass is 332 g/mol. The molecule has 2 aromatic carbocycles. The summed E-state index contributed by atoms with van der Waals surface area (Å²) in [7, 11) is 0. The van der Waals surface area contributed by atoms with Gasteiger partial charge in [-0.05, 0) is 45.7 Å². The molecule has 5 heteroatoms. The molecule has 2 nitrogen and oxygen atoms in total. The molecule has 0 amide bonds. The molecule has 1 aliphatic carbocycles. The summed E-state index contributed by atoms with van der Waals surface area (Å²) >= 11 is 4.70. The molecule has 2 aromatic rings. The van der Waals surface area contributed by atoms with Crippen LogP contribution in [0.1, 0.15) is 11.1 Å². The smallest absolute Gasteiger partial charge is 0.418 e. The number of allylic oxidation sites excluding steroid dienone is 3. The van der Waals surface area contributed by atoms with Crippen molar-refractivity contribution in [3.05, 3.63) is 71.5 Å². The zero-order chi connectivity index (χ0) is 16.4. The molecular weight excluding hydrogens is 322 g/mol. The van der Waals surface area contributed by atoms with E-state index in [0.717, 1.165) is 21.9 Å². The van der Waals surface area contributed by atoms with E-state index in [1.807, 2.05) is 42.5 Å². The van der Waals surface area contributed by atoms with E-state index in [9.17, 15) is 13.6 Å². The third-order valence-electron chi connectivity index (χ3n) is 3.38. The maximum Gasteiger partial charge on any atom is 0.418 e. The van der Waals surface area contributed by atoms with Gasteiger partial charge in [0.1, 0.15) is 5.76 Å². The number of hydrogen-bond acceptors (Lipinski definition) is 2. The molecule has 0 saturated carbocycles. The minimum absolute atomic E-state index is 0.00252. The topological polar surface area (TPSA) is 26.3 Å². The molecule has 23 heavy (non-hydrogen) atoms. The van der Waals surface area contributed by atoms with Crippen molar-refractivity contribution >= 4 is 40.5 Å². The highest BCUT2D eigenvalue weighted by atomic mass is 35.5. The molecule has 0 aliphatic heterocycles. The predicted octanol–water partition coefficient (Wildman–Crippen LogP) is 5.14. The van der Waals surface area contributed by atoms with E-state index < -0.39 is 11.4 Å². The van der Waals surface area contributed by atoms with Crippen LogP contribution in [0.2, 0.25) is 0 Å². The number of fused-ring (bicyclic) bond motifs is 3. The summed E-state index contributed by atoms with van der Waals surface area (Å²) in [4.78, 5) is 11.3. The molecule has 3 rings (SSSR count). The summed E-state index contributed by atoms with van der Waals surface area (Å²) in [5.74, 6) is -1.81. The zero-order valence-electron chi connectivity index (χ0n) is 11.8. The van der Waals surface area contributed by atoms with Gasteiger partial charge in [-0.3, -0.25) is 0 Å². The lowest BCUT2D eigenvalue weighted by Crippen LogP contribution is -2.23. The molecule has 0 fully saturated rings. The third-order valence-corrected chi connectivity index (χ3v) is 3.53. The van der Waals surface area contributed by atoms with Crippen molar-refractivity contribution in [3.8, 4) is 0 Å². The lowest BCUT2D eigenvalue weighted by Gasteiger charge is -2.12. The van der Waals surface area contributed by atoms with Crippen LogP contribution in [0, 0.1) is 0 Å². The molecule has 0 atom stereocenters. The summed E-state index contributed by atoms with van der Waals surface area (Å²) in [6, 6.07) is 11.5. The first-order valence-corrected chi connectivity index (χ1v) is 7.20. The van der Waals surface area contributed by atoms with Crippen LogP contribution in [-0.4, -0.2) is 11.4 Å². The van der Waals surface area contributed by atoms with Crippen molar-refractivity contribution in [2.75, 3.05) is 0 Å². The van der Waals surface area contributed by atoms with E-state index in [-0.39, 0.29) is 5.76 Å². The van der Waals surface area contributed by atoms with Crippen molar-refractivity contribution < 1.29 is 18.3 Å². The van der Waals surface area contributed by atoms with Gasteiger partial charge in [-0.2, -0.15) is 8.78 Å². The lowest BCUT2D eigenvalue weighted by molar-refractivity contribution is -0.155. The average molecular weight is 333 g/mol. The number of benzene rings is 2. The summed E-state index contributed by atoms with van der Waals surface area (Å²) in [6.45, 7) is 0. The van der Waals surface area contributed by atoms with Crippen LogP contribution in [-0.2, 0) is 9.53 Å². The second-order valence-electron chi connectivity index (χ2n) is 4.94. The van der Waals surface area contributed by atoms with Crippen molar-refractivity contribution in [3.63, 3.8) is 0 Å². The van der Waals surface area contributed by atoms with Gasteiger partial charge in [0, 0.05) is 0 Å². The number of carbonyl (C=O) groups is 1. The number of esters is 1. The molecule has 1 aliphatic rings. The molecule has 0 unspecified atom stereocenters. The fourth-order valence-corrected chi connectivity index (χ4v) is 2.39. The van der Waals surface area contributed by atoms with Gasteiger partial charge >= 0.3 is 11.4 Å². The van der Waals surface area contributed by atoms with Gasteiger partial charge in [0.25, 0.3) is 0 Å². The van der Waals surface area contributed by atoms with E-state index >= 15 is 0 Å². The van der Waals surface area contributed by atoms with E-state index in [1.54, 1.807) is 18.2 Å². The average Bonchev–Trinajstić information content (AvgIpc) is 2.49. The van der Waals surface area contributed by atoms with Gasteiger partial charge in [0.05, 0.1) is 0 Å². The Morgan fingerprint density at radius 2 is 1.78 bits per heavy atom. The minimum atomic E-state index is -4.06. The summed E-state index contributed by atoms with van der Waals surface area (Å²) in [6.07, 6.45) is 8.22. The Morgan fingerprint density at radius 1 is 1.04 bits per heavy atom. The zero-order valence-corrected chi connectivity index (χ0v) is 12.6. The number of rotatable bonds is 2. The normalized spacial score (nSPS) is 19.0. The van der Waals surface area contributed by atoms with E-state index in [4.69, 9.17) is 16.3 Å². The SMILES string of the molecule is O=C(OC1=C/c2c(ccc3ccccc23)\C=C/C=C\1)C(F)(F)Cl. The van der Waals surface area contributed by atoms with Gasteiger partial charge in [0.2, 0.25) is 0 Å². The second kappa shape index (κ2) is 5.97. The Bertz CT molecular complexity index is 861.